The van der Waals surface area contributed by atoms with E-state index < -0.39 is 15.9 Å². The summed E-state index contributed by atoms with van der Waals surface area (Å²) < 4.78 is 26.4. The van der Waals surface area contributed by atoms with E-state index in [-0.39, 0.29) is 18.3 Å². The molecule has 20 heavy (non-hydrogen) atoms. The minimum absolute atomic E-state index is 0.0671. The van der Waals surface area contributed by atoms with Crippen molar-refractivity contribution in [1.82, 2.24) is 10.2 Å². The molecule has 0 aromatic carbocycles. The summed E-state index contributed by atoms with van der Waals surface area (Å²) in [5, 5.41) is 0. The number of ether oxygens (including phenoxy) is 1. The Kier molecular flexibility index (Phi) is 16.4. The maximum absolute atomic E-state index is 10.1. The predicted molar refractivity (Wildman–Crippen MR) is 72.0 cm³/mol. The molecule has 9 nitrogen and oxygen atoms in total. The van der Waals surface area contributed by atoms with Crippen molar-refractivity contribution in [2.24, 2.45) is 0 Å². The monoisotopic (exact) mass is 314 g/mol. The molecule has 0 saturated carbocycles. The normalized spacial score (nSPS) is 9.10. The minimum Gasteiger partial charge on any atom is -0.377 e. The van der Waals surface area contributed by atoms with Crippen LogP contribution in [0.5, 0.6) is 0 Å². The van der Waals surface area contributed by atoms with Crippen LogP contribution in [-0.4, -0.2) is 53.1 Å². The van der Waals surface area contributed by atoms with Crippen LogP contribution in [-0.2, 0) is 34.0 Å². The van der Waals surface area contributed by atoms with Gasteiger partial charge in [-0.3, -0.25) is 23.9 Å². The van der Waals surface area contributed by atoms with Gasteiger partial charge in [-0.2, -0.15) is 0 Å². The number of carbonyl (C=O) groups is 3. The zero-order valence-corrected chi connectivity index (χ0v) is 13.3. The Bertz CT molecular complexity index is 376. The van der Waals surface area contributed by atoms with Gasteiger partial charge in [0.05, 0.1) is 13.4 Å². The summed E-state index contributed by atoms with van der Waals surface area (Å²) in [6.45, 7) is 4.24. The number of hydroxylamine groups is 1. The van der Waals surface area contributed by atoms with E-state index in [4.69, 9.17) is 0 Å². The summed E-state index contributed by atoms with van der Waals surface area (Å²) >= 11 is 0. The van der Waals surface area contributed by atoms with E-state index in [1.54, 1.807) is 4.72 Å². The van der Waals surface area contributed by atoms with Gasteiger partial charge < -0.3 is 4.74 Å². The fraction of sp³-hybridized carbons (Fsp3) is 0.700. The zero-order valence-electron chi connectivity index (χ0n) is 12.5. The first-order chi connectivity index (χ1) is 8.96. The molecular formula is C10H22N2O7S. The Morgan fingerprint density at radius 2 is 1.45 bits per heavy atom. The van der Waals surface area contributed by atoms with Crippen molar-refractivity contribution in [2.45, 2.75) is 20.8 Å². The van der Waals surface area contributed by atoms with Crippen LogP contribution in [0.4, 0.5) is 0 Å². The van der Waals surface area contributed by atoms with E-state index in [2.05, 4.69) is 15.1 Å². The van der Waals surface area contributed by atoms with Crippen molar-refractivity contribution in [3.63, 3.8) is 0 Å². The second kappa shape index (κ2) is 13.9. The smallest absolute Gasteiger partial charge is 0.240 e. The van der Waals surface area contributed by atoms with Gasteiger partial charge in [0.2, 0.25) is 21.8 Å². The lowest BCUT2D eigenvalue weighted by Gasteiger charge is -1.93. The van der Waals surface area contributed by atoms with Crippen molar-refractivity contribution >= 4 is 27.6 Å². The second-order valence-corrected chi connectivity index (χ2v) is 5.18. The number of amides is 2. The molecule has 0 bridgehead atoms. The Morgan fingerprint density at radius 1 is 1.00 bits per heavy atom. The van der Waals surface area contributed by atoms with Gasteiger partial charge in [0.15, 0.2) is 5.78 Å². The summed E-state index contributed by atoms with van der Waals surface area (Å²) in [5.41, 5.74) is 2.07. The number of ketones is 1. The maximum Gasteiger partial charge on any atom is 0.240 e. The molecule has 0 saturated heterocycles. The fourth-order valence-electron chi connectivity index (χ4n) is 0.608. The lowest BCUT2D eigenvalue weighted by Crippen LogP contribution is -2.26. The molecule has 2 N–H and O–H groups in total. The SMILES string of the molecule is CC(=O)NS(C)(=O)=O.COCC(C)=O.CONC(C)=O. The number of methoxy groups -OCH3 is 1. The molecule has 0 aliphatic carbocycles. The lowest BCUT2D eigenvalue weighted by molar-refractivity contribution is -0.129. The molecule has 0 aliphatic rings. The predicted octanol–water partition coefficient (Wildman–Crippen LogP) is -1.01. The Balaban J connectivity index is -0.000000221. The summed E-state index contributed by atoms with van der Waals surface area (Å²) in [6, 6.07) is 0. The van der Waals surface area contributed by atoms with Gasteiger partial charge in [0.1, 0.15) is 6.61 Å². The van der Waals surface area contributed by atoms with Crippen molar-refractivity contribution in [3.05, 3.63) is 0 Å². The first-order valence-electron chi connectivity index (χ1n) is 5.22. The van der Waals surface area contributed by atoms with Crippen LogP contribution < -0.4 is 10.2 Å². The first kappa shape index (κ1) is 23.6. The highest BCUT2D eigenvalue weighted by Crippen LogP contribution is 1.70. The molecule has 2 amide bonds. The molecule has 10 heteroatoms. The highest BCUT2D eigenvalue weighted by Gasteiger charge is 1.99. The van der Waals surface area contributed by atoms with Crippen molar-refractivity contribution in [2.75, 3.05) is 27.1 Å². The van der Waals surface area contributed by atoms with Crippen molar-refractivity contribution < 1.29 is 32.4 Å². The molecule has 0 fully saturated rings. The number of Topliss-reactive ketones (excluding diaryl/α,β-unsaturated/α-hetero) is 1. The van der Waals surface area contributed by atoms with Gasteiger partial charge in [-0.15, -0.1) is 0 Å². The number of rotatable bonds is 4. The molecule has 0 heterocycles. The summed E-state index contributed by atoms with van der Waals surface area (Å²) in [4.78, 5) is 33.9. The molecule has 0 radical (unpaired) electrons. The first-order valence-corrected chi connectivity index (χ1v) is 7.11. The van der Waals surface area contributed by atoms with Crippen LogP contribution >= 0.6 is 0 Å². The maximum atomic E-state index is 10.1. The molecule has 0 aliphatic heterocycles. The average Bonchev–Trinajstić information content (AvgIpc) is 2.14. The number of hydrogen-bond donors (Lipinski definition) is 2. The van der Waals surface area contributed by atoms with E-state index in [9.17, 15) is 22.8 Å². The van der Waals surface area contributed by atoms with Crippen molar-refractivity contribution in [3.8, 4) is 0 Å². The largest absolute Gasteiger partial charge is 0.377 e. The fourth-order valence-corrected chi connectivity index (χ4v) is 1.13. The molecule has 0 unspecified atom stereocenters. The number of sulfonamides is 1. The third-order valence-electron chi connectivity index (χ3n) is 0.923. The minimum atomic E-state index is -3.32. The topological polar surface area (TPSA) is 128 Å². The van der Waals surface area contributed by atoms with Crippen molar-refractivity contribution in [1.29, 1.82) is 0 Å². The molecule has 120 valence electrons. The van der Waals surface area contributed by atoms with E-state index >= 15 is 0 Å². The Labute approximate surface area is 119 Å². The van der Waals surface area contributed by atoms with Gasteiger partial charge in [-0.05, 0) is 6.92 Å². The van der Waals surface area contributed by atoms with E-state index in [0.29, 0.717) is 0 Å². The van der Waals surface area contributed by atoms with Crippen LogP contribution in [0.15, 0.2) is 0 Å². The molecule has 0 aromatic heterocycles. The molecule has 0 atom stereocenters. The van der Waals surface area contributed by atoms with Gasteiger partial charge in [-0.1, -0.05) is 0 Å². The standard InChI is InChI=1S/C4H8O2.C3H7NO3S.C3H7NO2/c1-4(5)3-6-2;1-3(5)4-8(2,6)7;1-3(5)4-6-2/h3H2,1-2H3;1-2H3,(H,4,5);1-2H3,(H,4,5). The molecule has 0 rings (SSSR count). The molecule has 0 aromatic rings. The highest BCUT2D eigenvalue weighted by atomic mass is 32.2. The van der Waals surface area contributed by atoms with Crippen LogP contribution in [0.2, 0.25) is 0 Å². The average molecular weight is 314 g/mol. The van der Waals surface area contributed by atoms with E-state index in [1.807, 2.05) is 0 Å². The quantitative estimate of drug-likeness (QED) is 0.636. The Hall–Kier alpha value is -1.52. The van der Waals surface area contributed by atoms with E-state index in [0.717, 1.165) is 13.2 Å². The van der Waals surface area contributed by atoms with Crippen LogP contribution in [0, 0.1) is 0 Å². The molecular weight excluding hydrogens is 292 g/mol. The Morgan fingerprint density at radius 3 is 1.45 bits per heavy atom. The zero-order chi connectivity index (χ0) is 16.8. The summed E-state index contributed by atoms with van der Waals surface area (Å²) in [7, 11) is -0.431. The third-order valence-corrected chi connectivity index (χ3v) is 1.58. The van der Waals surface area contributed by atoms with E-state index in [1.165, 1.54) is 28.1 Å². The van der Waals surface area contributed by atoms with Gasteiger partial charge in [0, 0.05) is 21.0 Å². The highest BCUT2D eigenvalue weighted by molar-refractivity contribution is 7.89. The lowest BCUT2D eigenvalue weighted by atomic mass is 10.5. The number of carbonyl (C=O) groups excluding carboxylic acids is 3. The third kappa shape index (κ3) is 43.9. The van der Waals surface area contributed by atoms with Gasteiger partial charge >= 0.3 is 0 Å². The number of hydrogen-bond acceptors (Lipinski definition) is 7. The summed E-state index contributed by atoms with van der Waals surface area (Å²) in [5.74, 6) is -0.678. The van der Waals surface area contributed by atoms with Gasteiger partial charge in [-0.25, -0.2) is 13.9 Å². The molecule has 0 spiro atoms. The van der Waals surface area contributed by atoms with Crippen LogP contribution in [0.3, 0.4) is 0 Å². The second-order valence-electron chi connectivity index (χ2n) is 3.43. The number of nitrogens with one attached hydrogen (secondary N) is 2. The van der Waals surface area contributed by atoms with Crippen LogP contribution in [0.25, 0.3) is 0 Å². The van der Waals surface area contributed by atoms with Gasteiger partial charge in [0.25, 0.3) is 0 Å². The van der Waals surface area contributed by atoms with Crippen LogP contribution in [0.1, 0.15) is 20.8 Å². The summed E-state index contributed by atoms with van der Waals surface area (Å²) in [6.07, 6.45) is 0.925.